The largest absolute Gasteiger partial charge is 0.497 e. The van der Waals surface area contributed by atoms with E-state index in [0.29, 0.717) is 30.0 Å². The zero-order valence-corrected chi connectivity index (χ0v) is 16.8. The van der Waals surface area contributed by atoms with Crippen molar-refractivity contribution in [2.45, 2.75) is 19.3 Å². The average molecular weight is 404 g/mol. The van der Waals surface area contributed by atoms with Crippen LogP contribution in [0.2, 0.25) is 0 Å². The molecular weight excluding hydrogens is 380 g/mol. The molecule has 1 heterocycles. The Balaban J connectivity index is 1.42. The van der Waals surface area contributed by atoms with E-state index in [1.807, 2.05) is 42.5 Å². The number of hydrogen-bond donors (Lipinski definition) is 1. The van der Waals surface area contributed by atoms with Crippen LogP contribution in [0.1, 0.15) is 28.9 Å². The third-order valence-electron chi connectivity index (χ3n) is 4.48. The number of ketones is 1. The number of amides is 1. The van der Waals surface area contributed by atoms with Gasteiger partial charge in [-0.05, 0) is 60.7 Å². The highest BCUT2D eigenvalue weighted by molar-refractivity contribution is 5.98. The Morgan fingerprint density at radius 3 is 2.17 bits per heavy atom. The Morgan fingerprint density at radius 2 is 1.53 bits per heavy atom. The smallest absolute Gasteiger partial charge is 0.220 e. The van der Waals surface area contributed by atoms with Gasteiger partial charge in [0.2, 0.25) is 5.91 Å². The number of ether oxygens (including phenoxy) is 2. The van der Waals surface area contributed by atoms with Gasteiger partial charge in [-0.3, -0.25) is 14.6 Å². The number of benzene rings is 2. The van der Waals surface area contributed by atoms with Crippen LogP contribution in [0.25, 0.3) is 0 Å². The van der Waals surface area contributed by atoms with Gasteiger partial charge in [-0.25, -0.2) is 0 Å². The quantitative estimate of drug-likeness (QED) is 0.512. The molecule has 3 rings (SSSR count). The molecule has 6 heteroatoms. The van der Waals surface area contributed by atoms with E-state index < -0.39 is 0 Å². The maximum atomic E-state index is 12.3. The zero-order chi connectivity index (χ0) is 21.2. The number of nitrogens with one attached hydrogen (secondary N) is 1. The maximum absolute atomic E-state index is 12.3. The number of aromatic nitrogens is 1. The van der Waals surface area contributed by atoms with Crippen LogP contribution in [0.5, 0.6) is 17.2 Å². The highest BCUT2D eigenvalue weighted by atomic mass is 16.5. The lowest BCUT2D eigenvalue weighted by Crippen LogP contribution is -2.26. The van der Waals surface area contributed by atoms with E-state index in [4.69, 9.17) is 9.47 Å². The number of carbonyl (C=O) groups is 2. The number of carbonyl (C=O) groups excluding carboxylic acids is 2. The molecule has 30 heavy (non-hydrogen) atoms. The molecule has 1 amide bonds. The van der Waals surface area contributed by atoms with Gasteiger partial charge in [0.05, 0.1) is 7.11 Å². The lowest BCUT2D eigenvalue weighted by Gasteiger charge is -2.08. The highest BCUT2D eigenvalue weighted by Crippen LogP contribution is 2.24. The summed E-state index contributed by atoms with van der Waals surface area (Å²) in [5.74, 6) is 1.84. The van der Waals surface area contributed by atoms with Crippen LogP contribution in [-0.4, -0.2) is 30.3 Å². The van der Waals surface area contributed by atoms with Gasteiger partial charge in [0, 0.05) is 43.3 Å². The molecule has 0 atom stereocenters. The molecule has 1 aromatic heterocycles. The molecule has 0 unspecified atom stereocenters. The van der Waals surface area contributed by atoms with Crippen LogP contribution in [0.3, 0.4) is 0 Å². The molecule has 0 aliphatic rings. The standard InChI is InChI=1S/C24H24N2O4/c1-29-20-9-11-22(12-10-20)30-21-7-5-18(6-8-21)23(27)13-14-24(28)26-17-15-19-4-2-3-16-25-19/h2-12,16H,13-15,17H2,1H3,(H,26,28). The topological polar surface area (TPSA) is 77.5 Å². The van der Waals surface area contributed by atoms with Gasteiger partial charge in [-0.2, -0.15) is 0 Å². The van der Waals surface area contributed by atoms with Crippen molar-refractivity contribution in [3.8, 4) is 17.2 Å². The fraction of sp³-hybridized carbons (Fsp3) is 0.208. The second-order valence-electron chi connectivity index (χ2n) is 6.65. The SMILES string of the molecule is COc1ccc(Oc2ccc(C(=O)CCC(=O)NCCc3ccccn3)cc2)cc1. The zero-order valence-electron chi connectivity index (χ0n) is 16.8. The summed E-state index contributed by atoms with van der Waals surface area (Å²) < 4.78 is 10.9. The monoisotopic (exact) mass is 404 g/mol. The first kappa shape index (κ1) is 21.0. The van der Waals surface area contributed by atoms with Crippen molar-refractivity contribution in [1.82, 2.24) is 10.3 Å². The van der Waals surface area contributed by atoms with E-state index in [-0.39, 0.29) is 24.5 Å². The van der Waals surface area contributed by atoms with Crippen LogP contribution in [0.4, 0.5) is 0 Å². The molecule has 0 saturated carbocycles. The van der Waals surface area contributed by atoms with Gasteiger partial charge in [0.15, 0.2) is 5.78 Å². The summed E-state index contributed by atoms with van der Waals surface area (Å²) in [4.78, 5) is 28.5. The van der Waals surface area contributed by atoms with Crippen molar-refractivity contribution in [2.75, 3.05) is 13.7 Å². The fourth-order valence-electron chi connectivity index (χ4n) is 2.82. The number of hydrogen-bond acceptors (Lipinski definition) is 5. The molecule has 0 spiro atoms. The first-order valence-electron chi connectivity index (χ1n) is 9.76. The van der Waals surface area contributed by atoms with E-state index in [2.05, 4.69) is 10.3 Å². The molecule has 154 valence electrons. The molecule has 0 fully saturated rings. The molecule has 6 nitrogen and oxygen atoms in total. The molecule has 0 radical (unpaired) electrons. The predicted molar refractivity (Wildman–Crippen MR) is 114 cm³/mol. The second kappa shape index (κ2) is 10.8. The van der Waals surface area contributed by atoms with Gasteiger partial charge in [0.25, 0.3) is 0 Å². The van der Waals surface area contributed by atoms with E-state index in [1.165, 1.54) is 0 Å². The molecule has 0 saturated heterocycles. The molecular formula is C24H24N2O4. The summed E-state index contributed by atoms with van der Waals surface area (Å²) in [6, 6.07) is 19.8. The first-order valence-corrected chi connectivity index (χ1v) is 9.76. The van der Waals surface area contributed by atoms with Crippen molar-refractivity contribution in [3.05, 3.63) is 84.2 Å². The molecule has 2 aromatic carbocycles. The lowest BCUT2D eigenvalue weighted by molar-refractivity contribution is -0.121. The number of Topliss-reactive ketones (excluding diaryl/α,β-unsaturated/α-hetero) is 1. The summed E-state index contributed by atoms with van der Waals surface area (Å²) in [7, 11) is 1.61. The number of rotatable bonds is 10. The van der Waals surface area contributed by atoms with Crippen LogP contribution in [-0.2, 0) is 11.2 Å². The van der Waals surface area contributed by atoms with Crippen LogP contribution < -0.4 is 14.8 Å². The van der Waals surface area contributed by atoms with Crippen LogP contribution in [0.15, 0.2) is 72.9 Å². The highest BCUT2D eigenvalue weighted by Gasteiger charge is 2.10. The number of pyridine rings is 1. The summed E-state index contributed by atoms with van der Waals surface area (Å²) in [6.07, 6.45) is 2.71. The minimum absolute atomic E-state index is 0.0779. The molecule has 0 bridgehead atoms. The number of nitrogens with zero attached hydrogens (tertiary/aromatic N) is 1. The summed E-state index contributed by atoms with van der Waals surface area (Å²) in [5, 5.41) is 2.82. The summed E-state index contributed by atoms with van der Waals surface area (Å²) in [6.45, 7) is 0.501. The Labute approximate surface area is 175 Å². The van der Waals surface area contributed by atoms with Crippen molar-refractivity contribution in [1.29, 1.82) is 0 Å². The second-order valence-corrected chi connectivity index (χ2v) is 6.65. The lowest BCUT2D eigenvalue weighted by atomic mass is 10.1. The van der Waals surface area contributed by atoms with Gasteiger partial charge in [-0.15, -0.1) is 0 Å². The van der Waals surface area contributed by atoms with Gasteiger partial charge >= 0.3 is 0 Å². The van der Waals surface area contributed by atoms with Crippen molar-refractivity contribution in [3.63, 3.8) is 0 Å². The van der Waals surface area contributed by atoms with Gasteiger partial charge in [0.1, 0.15) is 17.2 Å². The Morgan fingerprint density at radius 1 is 0.867 bits per heavy atom. The van der Waals surface area contributed by atoms with Crippen molar-refractivity contribution in [2.24, 2.45) is 0 Å². The molecule has 0 aliphatic heterocycles. The third-order valence-corrected chi connectivity index (χ3v) is 4.48. The predicted octanol–water partition coefficient (Wildman–Crippen LogP) is 4.20. The van der Waals surface area contributed by atoms with E-state index in [9.17, 15) is 9.59 Å². The average Bonchev–Trinajstić information content (AvgIpc) is 2.79. The van der Waals surface area contributed by atoms with Gasteiger partial charge in [-0.1, -0.05) is 6.07 Å². The van der Waals surface area contributed by atoms with Crippen molar-refractivity contribution < 1.29 is 19.1 Å². The van der Waals surface area contributed by atoms with Crippen LogP contribution >= 0.6 is 0 Å². The number of methoxy groups -OCH3 is 1. The van der Waals surface area contributed by atoms with E-state index >= 15 is 0 Å². The Bertz CT molecular complexity index is 955. The van der Waals surface area contributed by atoms with E-state index in [0.717, 1.165) is 11.4 Å². The normalized spacial score (nSPS) is 10.3. The van der Waals surface area contributed by atoms with Crippen molar-refractivity contribution >= 4 is 11.7 Å². The van der Waals surface area contributed by atoms with E-state index in [1.54, 1.807) is 37.6 Å². The minimum atomic E-state index is -0.140. The Hall–Kier alpha value is -3.67. The first-order chi connectivity index (χ1) is 14.6. The third kappa shape index (κ3) is 6.44. The molecule has 1 N–H and O–H groups in total. The summed E-state index contributed by atoms with van der Waals surface area (Å²) in [5.41, 5.74) is 1.48. The minimum Gasteiger partial charge on any atom is -0.497 e. The summed E-state index contributed by atoms with van der Waals surface area (Å²) >= 11 is 0. The van der Waals surface area contributed by atoms with Gasteiger partial charge < -0.3 is 14.8 Å². The molecule has 0 aliphatic carbocycles. The maximum Gasteiger partial charge on any atom is 0.220 e. The Kier molecular flexibility index (Phi) is 7.55. The molecule has 3 aromatic rings. The van der Waals surface area contributed by atoms with Crippen LogP contribution in [0, 0.1) is 0 Å². The fourth-order valence-corrected chi connectivity index (χ4v) is 2.82.